The van der Waals surface area contributed by atoms with Crippen molar-refractivity contribution in [3.8, 4) is 11.5 Å². The number of aryl methyl sites for hydroxylation is 1. The highest BCUT2D eigenvalue weighted by Crippen LogP contribution is 2.38. The van der Waals surface area contributed by atoms with Gasteiger partial charge >= 0.3 is 0 Å². The van der Waals surface area contributed by atoms with Crippen LogP contribution < -0.4 is 13.8 Å². The van der Waals surface area contributed by atoms with E-state index in [0.29, 0.717) is 30.4 Å². The summed E-state index contributed by atoms with van der Waals surface area (Å²) < 4.78 is 39.0. The summed E-state index contributed by atoms with van der Waals surface area (Å²) in [6.07, 6.45) is 3.06. The second kappa shape index (κ2) is 5.36. The summed E-state index contributed by atoms with van der Waals surface area (Å²) in [4.78, 5) is -0.0373. The Bertz CT molecular complexity index is 819. The smallest absolute Gasteiger partial charge is 0.265 e. The molecule has 118 valence electrons. The van der Waals surface area contributed by atoms with Gasteiger partial charge in [0.15, 0.2) is 11.5 Å². The van der Waals surface area contributed by atoms with Crippen LogP contribution in [0.15, 0.2) is 29.4 Å². The molecule has 0 N–H and O–H groups in total. The number of aromatic nitrogens is 2. The van der Waals surface area contributed by atoms with E-state index in [4.69, 9.17) is 21.1 Å². The monoisotopic (exact) mass is 343 g/mol. The van der Waals surface area contributed by atoms with Crippen molar-refractivity contribution in [2.75, 3.05) is 24.6 Å². The van der Waals surface area contributed by atoms with Gasteiger partial charge in [-0.2, -0.15) is 5.10 Å². The molecular formula is C13H14ClN3O4S. The molecule has 0 bridgehead atoms. The van der Waals surface area contributed by atoms with Gasteiger partial charge in [-0.15, -0.1) is 0 Å². The molecule has 0 fully saturated rings. The summed E-state index contributed by atoms with van der Waals surface area (Å²) in [5.41, 5.74) is 0.438. The second-order valence-corrected chi connectivity index (χ2v) is 7.12. The number of hydrogen-bond acceptors (Lipinski definition) is 5. The lowest BCUT2D eigenvalue weighted by Crippen LogP contribution is -2.27. The molecule has 0 aliphatic carbocycles. The van der Waals surface area contributed by atoms with Gasteiger partial charge in [-0.1, -0.05) is 11.6 Å². The van der Waals surface area contributed by atoms with Crippen molar-refractivity contribution in [2.24, 2.45) is 7.05 Å². The van der Waals surface area contributed by atoms with Gasteiger partial charge < -0.3 is 9.47 Å². The molecular weight excluding hydrogens is 330 g/mol. The highest BCUT2D eigenvalue weighted by Gasteiger charge is 2.28. The van der Waals surface area contributed by atoms with Crippen LogP contribution in [0.1, 0.15) is 0 Å². The first-order valence-electron chi connectivity index (χ1n) is 6.46. The first-order chi connectivity index (χ1) is 10.4. The molecule has 22 heavy (non-hydrogen) atoms. The molecule has 7 nitrogen and oxygen atoms in total. The maximum absolute atomic E-state index is 12.8. The van der Waals surface area contributed by atoms with Crippen LogP contribution in [0.2, 0.25) is 5.02 Å². The Morgan fingerprint density at radius 1 is 1.27 bits per heavy atom. The molecule has 0 radical (unpaired) electrons. The highest BCUT2D eigenvalue weighted by atomic mass is 35.5. The quantitative estimate of drug-likeness (QED) is 0.847. The molecule has 2 heterocycles. The summed E-state index contributed by atoms with van der Waals surface area (Å²) in [6.45, 7) is 0.775. The van der Waals surface area contributed by atoms with E-state index < -0.39 is 10.0 Å². The summed E-state index contributed by atoms with van der Waals surface area (Å²) in [6, 6.07) is 2.85. The minimum absolute atomic E-state index is 0.0373. The molecule has 1 aliphatic rings. The molecule has 0 saturated heterocycles. The SMILES string of the molecule is CN(c1cnn(C)c1)S(=O)(=O)c1cc2c(cc1Cl)OCCO2. The maximum atomic E-state index is 12.8. The van der Waals surface area contributed by atoms with E-state index in [0.717, 1.165) is 4.31 Å². The summed E-state index contributed by atoms with van der Waals surface area (Å²) in [5.74, 6) is 0.813. The van der Waals surface area contributed by atoms with Crippen LogP contribution in [0.3, 0.4) is 0 Å². The van der Waals surface area contributed by atoms with Crippen LogP contribution in [0, 0.1) is 0 Å². The number of ether oxygens (including phenoxy) is 2. The third-order valence-electron chi connectivity index (χ3n) is 3.29. The Morgan fingerprint density at radius 3 is 2.50 bits per heavy atom. The number of rotatable bonds is 3. The number of benzene rings is 1. The van der Waals surface area contributed by atoms with E-state index >= 15 is 0 Å². The number of fused-ring (bicyclic) bond motifs is 1. The van der Waals surface area contributed by atoms with Gasteiger partial charge in [-0.3, -0.25) is 8.99 Å². The zero-order chi connectivity index (χ0) is 15.9. The van der Waals surface area contributed by atoms with Crippen LogP contribution in [0.25, 0.3) is 0 Å². The van der Waals surface area contributed by atoms with Gasteiger partial charge in [0.25, 0.3) is 10.0 Å². The lowest BCUT2D eigenvalue weighted by atomic mass is 10.3. The average Bonchev–Trinajstić information content (AvgIpc) is 2.92. The predicted molar refractivity (Wildman–Crippen MR) is 81.2 cm³/mol. The lowest BCUT2D eigenvalue weighted by molar-refractivity contribution is 0.171. The first-order valence-corrected chi connectivity index (χ1v) is 8.28. The van der Waals surface area contributed by atoms with Gasteiger partial charge in [-0.25, -0.2) is 8.42 Å². The molecule has 0 amide bonds. The number of sulfonamides is 1. The Kier molecular flexibility index (Phi) is 3.65. The third-order valence-corrected chi connectivity index (χ3v) is 5.54. The molecule has 1 aromatic carbocycles. The second-order valence-electron chi connectivity index (χ2n) is 4.77. The molecule has 0 spiro atoms. The summed E-state index contributed by atoms with van der Waals surface area (Å²) in [7, 11) is -0.677. The average molecular weight is 344 g/mol. The number of nitrogens with zero attached hydrogens (tertiary/aromatic N) is 3. The van der Waals surface area contributed by atoms with Crippen molar-refractivity contribution in [3.05, 3.63) is 29.5 Å². The van der Waals surface area contributed by atoms with Crippen molar-refractivity contribution in [3.63, 3.8) is 0 Å². The van der Waals surface area contributed by atoms with Crippen molar-refractivity contribution in [1.82, 2.24) is 9.78 Å². The van der Waals surface area contributed by atoms with E-state index in [9.17, 15) is 8.42 Å². The van der Waals surface area contributed by atoms with Crippen LogP contribution in [-0.4, -0.2) is 38.5 Å². The Labute approximate surface area is 133 Å². The van der Waals surface area contributed by atoms with Crippen LogP contribution in [-0.2, 0) is 17.1 Å². The topological polar surface area (TPSA) is 73.7 Å². The number of halogens is 1. The molecule has 3 rings (SSSR count). The fraction of sp³-hybridized carbons (Fsp3) is 0.308. The van der Waals surface area contributed by atoms with Gasteiger partial charge in [0.1, 0.15) is 18.1 Å². The highest BCUT2D eigenvalue weighted by molar-refractivity contribution is 7.93. The Balaban J connectivity index is 2.05. The maximum Gasteiger partial charge on any atom is 0.265 e. The van der Waals surface area contributed by atoms with Crippen LogP contribution >= 0.6 is 11.6 Å². The van der Waals surface area contributed by atoms with Gasteiger partial charge in [0.2, 0.25) is 0 Å². The predicted octanol–water partition coefficient (Wildman–Crippen LogP) is 1.67. The largest absolute Gasteiger partial charge is 0.486 e. The van der Waals surface area contributed by atoms with Gasteiger partial charge in [0, 0.05) is 32.4 Å². The van der Waals surface area contributed by atoms with Gasteiger partial charge in [0.05, 0.1) is 16.9 Å². The Morgan fingerprint density at radius 2 is 1.91 bits per heavy atom. The summed E-state index contributed by atoms with van der Waals surface area (Å²) in [5, 5.41) is 4.05. The molecule has 0 atom stereocenters. The molecule has 9 heteroatoms. The van der Waals surface area contributed by atoms with Crippen molar-refractivity contribution in [2.45, 2.75) is 4.90 Å². The zero-order valence-corrected chi connectivity index (χ0v) is 13.6. The molecule has 2 aromatic rings. The van der Waals surface area contributed by atoms with Gasteiger partial charge in [-0.05, 0) is 0 Å². The molecule has 1 aliphatic heterocycles. The zero-order valence-electron chi connectivity index (χ0n) is 12.0. The van der Waals surface area contributed by atoms with Crippen LogP contribution in [0.4, 0.5) is 5.69 Å². The number of anilines is 1. The first kappa shape index (κ1) is 15.0. The summed E-state index contributed by atoms with van der Waals surface area (Å²) >= 11 is 6.12. The molecule has 0 saturated carbocycles. The van der Waals surface area contributed by atoms with Crippen molar-refractivity contribution >= 4 is 27.3 Å². The van der Waals surface area contributed by atoms with E-state index in [1.807, 2.05) is 0 Å². The van der Waals surface area contributed by atoms with E-state index in [1.54, 1.807) is 13.2 Å². The fourth-order valence-corrected chi connectivity index (χ4v) is 3.77. The normalized spacial score (nSPS) is 14.0. The minimum Gasteiger partial charge on any atom is -0.486 e. The van der Waals surface area contributed by atoms with Crippen molar-refractivity contribution < 1.29 is 17.9 Å². The standard InChI is InChI=1S/C13H14ClN3O4S/c1-16-8-9(7-15-16)17(2)22(18,19)13-6-12-11(5-10(13)14)20-3-4-21-12/h5-8H,3-4H2,1-2H3. The van der Waals surface area contributed by atoms with E-state index in [1.165, 1.54) is 30.1 Å². The van der Waals surface area contributed by atoms with E-state index in [2.05, 4.69) is 5.10 Å². The lowest BCUT2D eigenvalue weighted by Gasteiger charge is -2.22. The van der Waals surface area contributed by atoms with E-state index in [-0.39, 0.29) is 9.92 Å². The van der Waals surface area contributed by atoms with Crippen molar-refractivity contribution in [1.29, 1.82) is 0 Å². The van der Waals surface area contributed by atoms with Crippen LogP contribution in [0.5, 0.6) is 11.5 Å². The Hall–Kier alpha value is -1.93. The third kappa shape index (κ3) is 2.48. The number of hydrogen-bond donors (Lipinski definition) is 0. The molecule has 0 unspecified atom stereocenters. The molecule has 1 aromatic heterocycles. The fourth-order valence-electron chi connectivity index (χ4n) is 2.10. The minimum atomic E-state index is -3.83.